The molecule has 0 radical (unpaired) electrons. The van der Waals surface area contributed by atoms with Crippen LogP contribution in [0, 0.1) is 10.1 Å². The Morgan fingerprint density at radius 1 is 0.938 bits per heavy atom. The Hall–Kier alpha value is -4.72. The van der Waals surface area contributed by atoms with Crippen LogP contribution >= 0.6 is 0 Å². The standard InChI is InChI=1S/C24H16N2O6/c27-21(16-7-9-17(10-8-16)25-24(28)23-6-3-15-31-23)13-11-18-12-14-22(32-18)19-4-1-2-5-20(19)26(29)30/h1-15H,(H,25,28)/b13-11+. The van der Waals surface area contributed by atoms with Gasteiger partial charge in [-0.05, 0) is 66.7 Å². The van der Waals surface area contributed by atoms with Crippen molar-refractivity contribution in [1.29, 1.82) is 0 Å². The molecule has 1 N–H and O–H groups in total. The first kappa shape index (κ1) is 20.5. The molecule has 0 aliphatic carbocycles. The Morgan fingerprint density at radius 3 is 2.44 bits per heavy atom. The molecular formula is C24H16N2O6. The van der Waals surface area contributed by atoms with Crippen molar-refractivity contribution in [2.75, 3.05) is 5.32 Å². The van der Waals surface area contributed by atoms with Crippen LogP contribution in [0.15, 0.2) is 94.0 Å². The van der Waals surface area contributed by atoms with Gasteiger partial charge in [-0.15, -0.1) is 0 Å². The van der Waals surface area contributed by atoms with Gasteiger partial charge in [-0.2, -0.15) is 0 Å². The van der Waals surface area contributed by atoms with Gasteiger partial charge in [0.2, 0.25) is 0 Å². The SMILES string of the molecule is O=C(/C=C/c1ccc(-c2ccccc2[N+](=O)[O-])o1)c1ccc(NC(=O)c2ccco2)cc1. The second-order valence-corrected chi connectivity index (χ2v) is 6.68. The third-order valence-corrected chi connectivity index (χ3v) is 4.56. The number of carbonyl (C=O) groups excluding carboxylic acids is 2. The average molecular weight is 428 g/mol. The van der Waals surface area contributed by atoms with E-state index in [0.29, 0.717) is 28.3 Å². The highest BCUT2D eigenvalue weighted by Crippen LogP contribution is 2.31. The number of furan rings is 2. The lowest BCUT2D eigenvalue weighted by atomic mass is 10.1. The summed E-state index contributed by atoms with van der Waals surface area (Å²) in [6, 6.07) is 19.1. The van der Waals surface area contributed by atoms with Gasteiger partial charge in [-0.3, -0.25) is 19.7 Å². The summed E-state index contributed by atoms with van der Waals surface area (Å²) in [7, 11) is 0. The zero-order valence-corrected chi connectivity index (χ0v) is 16.6. The molecule has 0 saturated carbocycles. The predicted octanol–water partition coefficient (Wildman–Crippen LogP) is 5.60. The quantitative estimate of drug-likeness (QED) is 0.177. The van der Waals surface area contributed by atoms with E-state index in [1.54, 1.807) is 66.7 Å². The summed E-state index contributed by atoms with van der Waals surface area (Å²) in [6.07, 6.45) is 4.25. The van der Waals surface area contributed by atoms with Crippen LogP contribution in [0.2, 0.25) is 0 Å². The van der Waals surface area contributed by atoms with E-state index in [1.165, 1.54) is 24.5 Å². The molecule has 0 spiro atoms. The number of hydrogen-bond acceptors (Lipinski definition) is 6. The van der Waals surface area contributed by atoms with Gasteiger partial charge < -0.3 is 14.2 Å². The molecule has 0 bridgehead atoms. The lowest BCUT2D eigenvalue weighted by molar-refractivity contribution is -0.384. The van der Waals surface area contributed by atoms with Crippen LogP contribution in [-0.2, 0) is 0 Å². The van der Waals surface area contributed by atoms with Gasteiger partial charge in [0.25, 0.3) is 11.6 Å². The van der Waals surface area contributed by atoms with E-state index in [0.717, 1.165) is 0 Å². The maximum Gasteiger partial charge on any atom is 0.291 e. The molecule has 0 atom stereocenters. The highest BCUT2D eigenvalue weighted by Gasteiger charge is 2.16. The molecule has 4 rings (SSSR count). The van der Waals surface area contributed by atoms with Crippen molar-refractivity contribution in [2.24, 2.45) is 0 Å². The van der Waals surface area contributed by atoms with Gasteiger partial charge in [0.1, 0.15) is 11.5 Å². The molecule has 0 saturated heterocycles. The summed E-state index contributed by atoms with van der Waals surface area (Å²) in [6.45, 7) is 0. The van der Waals surface area contributed by atoms with E-state index >= 15 is 0 Å². The predicted molar refractivity (Wildman–Crippen MR) is 117 cm³/mol. The normalized spacial score (nSPS) is 10.9. The van der Waals surface area contributed by atoms with Crippen LogP contribution in [0.4, 0.5) is 11.4 Å². The second-order valence-electron chi connectivity index (χ2n) is 6.68. The van der Waals surface area contributed by atoms with Crippen molar-refractivity contribution in [1.82, 2.24) is 0 Å². The minimum Gasteiger partial charge on any atom is -0.459 e. The van der Waals surface area contributed by atoms with Crippen LogP contribution in [0.1, 0.15) is 26.7 Å². The summed E-state index contributed by atoms with van der Waals surface area (Å²) in [4.78, 5) is 35.1. The minimum atomic E-state index is -0.475. The average Bonchev–Trinajstić information content (AvgIpc) is 3.50. The van der Waals surface area contributed by atoms with Crippen LogP contribution in [0.5, 0.6) is 0 Å². The number of allylic oxidation sites excluding steroid dienone is 1. The fraction of sp³-hybridized carbons (Fsp3) is 0. The molecule has 2 aromatic heterocycles. The van der Waals surface area contributed by atoms with Gasteiger partial charge in [0.15, 0.2) is 11.5 Å². The fourth-order valence-corrected chi connectivity index (χ4v) is 3.00. The van der Waals surface area contributed by atoms with E-state index in [1.807, 2.05) is 0 Å². The molecule has 1 amide bonds. The van der Waals surface area contributed by atoms with E-state index < -0.39 is 4.92 Å². The number of benzene rings is 2. The summed E-state index contributed by atoms with van der Waals surface area (Å²) in [5.74, 6) is 0.250. The number of nitrogens with zero attached hydrogens (tertiary/aromatic N) is 1. The number of nitro benzene ring substituents is 1. The molecule has 4 aromatic rings. The molecule has 0 aliphatic heterocycles. The maximum atomic E-state index is 12.4. The number of ketones is 1. The summed E-state index contributed by atoms with van der Waals surface area (Å²) >= 11 is 0. The molecule has 0 aliphatic rings. The van der Waals surface area contributed by atoms with E-state index in [2.05, 4.69) is 5.32 Å². The van der Waals surface area contributed by atoms with Crippen LogP contribution < -0.4 is 5.32 Å². The monoisotopic (exact) mass is 428 g/mol. The van der Waals surface area contributed by atoms with Crippen LogP contribution in [-0.4, -0.2) is 16.6 Å². The molecule has 0 fully saturated rings. The van der Waals surface area contributed by atoms with Crippen LogP contribution in [0.3, 0.4) is 0 Å². The van der Waals surface area contributed by atoms with Crippen molar-refractivity contribution in [3.05, 3.63) is 112 Å². The number of anilines is 1. The summed E-state index contributed by atoms with van der Waals surface area (Å²) < 4.78 is 10.7. The highest BCUT2D eigenvalue weighted by molar-refractivity contribution is 6.07. The second kappa shape index (κ2) is 8.97. The molecule has 158 valence electrons. The van der Waals surface area contributed by atoms with Gasteiger partial charge in [-0.1, -0.05) is 12.1 Å². The largest absolute Gasteiger partial charge is 0.459 e. The summed E-state index contributed by atoms with van der Waals surface area (Å²) in [5, 5.41) is 13.9. The Labute approximate surface area is 181 Å². The van der Waals surface area contributed by atoms with Crippen molar-refractivity contribution >= 4 is 29.1 Å². The molecule has 0 unspecified atom stereocenters. The molecule has 2 heterocycles. The van der Waals surface area contributed by atoms with Crippen molar-refractivity contribution < 1.29 is 23.3 Å². The molecule has 8 heteroatoms. The number of amides is 1. The Kier molecular flexibility index (Phi) is 5.76. The van der Waals surface area contributed by atoms with E-state index in [9.17, 15) is 19.7 Å². The number of hydrogen-bond donors (Lipinski definition) is 1. The number of rotatable bonds is 7. The molecule has 2 aromatic carbocycles. The van der Waals surface area contributed by atoms with Crippen LogP contribution in [0.25, 0.3) is 17.4 Å². The third kappa shape index (κ3) is 4.54. The van der Waals surface area contributed by atoms with Crippen molar-refractivity contribution in [3.8, 4) is 11.3 Å². The number of carbonyl (C=O) groups is 2. The van der Waals surface area contributed by atoms with Gasteiger partial charge in [0.05, 0.1) is 16.7 Å². The topological polar surface area (TPSA) is 116 Å². The van der Waals surface area contributed by atoms with Crippen molar-refractivity contribution in [3.63, 3.8) is 0 Å². The summed E-state index contributed by atoms with van der Waals surface area (Å²) in [5.41, 5.74) is 1.23. The molecule has 32 heavy (non-hydrogen) atoms. The number of para-hydroxylation sites is 1. The lowest BCUT2D eigenvalue weighted by Crippen LogP contribution is -2.10. The van der Waals surface area contributed by atoms with Gasteiger partial charge in [0, 0.05) is 17.3 Å². The smallest absolute Gasteiger partial charge is 0.291 e. The first-order chi connectivity index (χ1) is 15.5. The highest BCUT2D eigenvalue weighted by atomic mass is 16.6. The Balaban J connectivity index is 1.43. The first-order valence-electron chi connectivity index (χ1n) is 9.52. The Morgan fingerprint density at radius 2 is 1.72 bits per heavy atom. The lowest BCUT2D eigenvalue weighted by Gasteiger charge is -2.03. The number of nitro groups is 1. The fourth-order valence-electron chi connectivity index (χ4n) is 3.00. The van der Waals surface area contributed by atoms with E-state index in [4.69, 9.17) is 8.83 Å². The Bertz CT molecular complexity index is 1300. The first-order valence-corrected chi connectivity index (χ1v) is 9.52. The zero-order chi connectivity index (χ0) is 22.5. The maximum absolute atomic E-state index is 12.4. The van der Waals surface area contributed by atoms with Gasteiger partial charge in [-0.25, -0.2) is 0 Å². The number of nitrogens with one attached hydrogen (secondary N) is 1. The molecule has 8 nitrogen and oxygen atoms in total. The molecular weight excluding hydrogens is 412 g/mol. The third-order valence-electron chi connectivity index (χ3n) is 4.56. The minimum absolute atomic E-state index is 0.0623. The van der Waals surface area contributed by atoms with Crippen molar-refractivity contribution in [2.45, 2.75) is 0 Å². The van der Waals surface area contributed by atoms with E-state index in [-0.39, 0.29) is 23.1 Å². The zero-order valence-electron chi connectivity index (χ0n) is 16.6. The van der Waals surface area contributed by atoms with Gasteiger partial charge >= 0.3 is 0 Å².